The molecule has 1 heterocycles. The van der Waals surface area contributed by atoms with Gasteiger partial charge in [-0.1, -0.05) is 60.7 Å². The summed E-state index contributed by atoms with van der Waals surface area (Å²) in [6, 6.07) is 20.1. The molecule has 2 aromatic carbocycles. The lowest BCUT2D eigenvalue weighted by Crippen LogP contribution is -2.41. The minimum absolute atomic E-state index is 0.00458. The summed E-state index contributed by atoms with van der Waals surface area (Å²) in [7, 11) is 0. The summed E-state index contributed by atoms with van der Waals surface area (Å²) < 4.78 is 0. The maximum Gasteiger partial charge on any atom is 0.256 e. The van der Waals surface area contributed by atoms with Crippen LogP contribution in [0, 0.1) is 0 Å². The minimum Gasteiger partial charge on any atom is -0.294 e. The number of aliphatic imine (C=N–C) groups is 1. The van der Waals surface area contributed by atoms with Crippen molar-refractivity contribution in [3.05, 3.63) is 71.8 Å². The molecule has 0 fully saturated rings. The monoisotopic (exact) mass is 292 g/mol. The van der Waals surface area contributed by atoms with Crippen molar-refractivity contribution in [3.63, 3.8) is 0 Å². The predicted molar refractivity (Wildman–Crippen MR) is 88.7 cm³/mol. The van der Waals surface area contributed by atoms with Crippen LogP contribution in [0.2, 0.25) is 0 Å². The summed E-state index contributed by atoms with van der Waals surface area (Å²) in [6.45, 7) is 3.95. The normalized spacial score (nSPS) is 22.1. The molecule has 1 amide bonds. The molecule has 1 aliphatic heterocycles. The molecule has 1 aliphatic rings. The first kappa shape index (κ1) is 14.5. The highest BCUT2D eigenvalue weighted by molar-refractivity contribution is 6.00. The molecular weight excluding hydrogens is 272 g/mol. The highest BCUT2D eigenvalue weighted by Crippen LogP contribution is 2.30. The van der Waals surface area contributed by atoms with E-state index in [2.05, 4.69) is 4.99 Å². The maximum absolute atomic E-state index is 12.8. The van der Waals surface area contributed by atoms with Crippen LogP contribution >= 0.6 is 0 Å². The quantitative estimate of drug-likeness (QED) is 0.847. The Morgan fingerprint density at radius 2 is 1.64 bits per heavy atom. The van der Waals surface area contributed by atoms with Gasteiger partial charge in [0.2, 0.25) is 0 Å². The zero-order valence-corrected chi connectivity index (χ0v) is 12.9. The molecule has 0 N–H and O–H groups in total. The van der Waals surface area contributed by atoms with Crippen LogP contribution in [0.3, 0.4) is 0 Å². The fourth-order valence-corrected chi connectivity index (χ4v) is 2.86. The summed E-state index contributed by atoms with van der Waals surface area (Å²) >= 11 is 0. The SMILES string of the molecule is C[C@@H](c1ccccc1)N1C=N[C@@](C)(Cc2ccccc2)C1=O. The second-order valence-electron chi connectivity index (χ2n) is 5.98. The molecule has 22 heavy (non-hydrogen) atoms. The van der Waals surface area contributed by atoms with Crippen LogP contribution in [0.15, 0.2) is 65.7 Å². The Labute approximate surface area is 131 Å². The van der Waals surface area contributed by atoms with Gasteiger partial charge in [0.15, 0.2) is 0 Å². The molecule has 0 unspecified atom stereocenters. The van der Waals surface area contributed by atoms with E-state index in [0.717, 1.165) is 11.1 Å². The third kappa shape index (κ3) is 2.67. The van der Waals surface area contributed by atoms with Gasteiger partial charge in [0.05, 0.1) is 12.4 Å². The second-order valence-corrected chi connectivity index (χ2v) is 5.98. The predicted octanol–water partition coefficient (Wildman–Crippen LogP) is 3.62. The van der Waals surface area contributed by atoms with Crippen molar-refractivity contribution < 1.29 is 4.79 Å². The number of carbonyl (C=O) groups is 1. The molecular formula is C19H20N2O. The van der Waals surface area contributed by atoms with Crippen molar-refractivity contribution in [1.29, 1.82) is 0 Å². The molecule has 2 atom stereocenters. The van der Waals surface area contributed by atoms with Crippen LogP contribution in [-0.4, -0.2) is 22.7 Å². The molecule has 3 nitrogen and oxygen atoms in total. The Morgan fingerprint density at radius 1 is 1.05 bits per heavy atom. The summed E-state index contributed by atoms with van der Waals surface area (Å²) in [4.78, 5) is 19.1. The molecule has 0 aliphatic carbocycles. The standard InChI is InChI=1S/C19H20N2O/c1-15(17-11-7-4-8-12-17)21-14-20-19(2,18(21)22)13-16-9-5-3-6-10-16/h3-12,14-15H,13H2,1-2H3/t15-,19-/m0/s1. The summed E-state index contributed by atoms with van der Waals surface area (Å²) in [5, 5.41) is 0. The lowest BCUT2D eigenvalue weighted by atomic mass is 9.92. The number of carbonyl (C=O) groups excluding carboxylic acids is 1. The lowest BCUT2D eigenvalue weighted by Gasteiger charge is -2.26. The van der Waals surface area contributed by atoms with Gasteiger partial charge in [-0.05, 0) is 25.0 Å². The van der Waals surface area contributed by atoms with Crippen molar-refractivity contribution >= 4 is 12.2 Å². The summed E-state index contributed by atoms with van der Waals surface area (Å²) in [5.41, 5.74) is 1.54. The Kier molecular flexibility index (Phi) is 3.80. The van der Waals surface area contributed by atoms with E-state index in [1.165, 1.54) is 0 Å². The highest BCUT2D eigenvalue weighted by atomic mass is 16.2. The van der Waals surface area contributed by atoms with Crippen molar-refractivity contribution in [1.82, 2.24) is 4.90 Å². The van der Waals surface area contributed by atoms with E-state index in [1.807, 2.05) is 74.5 Å². The van der Waals surface area contributed by atoms with E-state index >= 15 is 0 Å². The van der Waals surface area contributed by atoms with E-state index in [4.69, 9.17) is 0 Å². The van der Waals surface area contributed by atoms with Crippen molar-refractivity contribution in [2.75, 3.05) is 0 Å². The first-order chi connectivity index (χ1) is 10.6. The first-order valence-electron chi connectivity index (χ1n) is 7.57. The number of rotatable bonds is 4. The molecule has 0 radical (unpaired) electrons. The van der Waals surface area contributed by atoms with E-state index in [1.54, 1.807) is 11.2 Å². The molecule has 0 spiro atoms. The fourth-order valence-electron chi connectivity index (χ4n) is 2.86. The van der Waals surface area contributed by atoms with Gasteiger partial charge in [-0.15, -0.1) is 0 Å². The van der Waals surface area contributed by atoms with Crippen LogP contribution < -0.4 is 0 Å². The van der Waals surface area contributed by atoms with E-state index in [-0.39, 0.29) is 11.9 Å². The number of nitrogens with zero attached hydrogens (tertiary/aromatic N) is 2. The van der Waals surface area contributed by atoms with E-state index in [0.29, 0.717) is 6.42 Å². The Balaban J connectivity index is 1.79. The summed E-state index contributed by atoms with van der Waals surface area (Å²) in [5.74, 6) is 0.0627. The molecule has 3 heteroatoms. The number of hydrogen-bond acceptors (Lipinski definition) is 2. The second kappa shape index (κ2) is 5.76. The van der Waals surface area contributed by atoms with Gasteiger partial charge in [-0.3, -0.25) is 14.7 Å². The first-order valence-corrected chi connectivity index (χ1v) is 7.57. The Hall–Kier alpha value is -2.42. The van der Waals surface area contributed by atoms with Crippen LogP contribution in [-0.2, 0) is 11.2 Å². The number of benzene rings is 2. The van der Waals surface area contributed by atoms with Crippen LogP contribution in [0.25, 0.3) is 0 Å². The van der Waals surface area contributed by atoms with Crippen molar-refractivity contribution in [3.8, 4) is 0 Å². The average molecular weight is 292 g/mol. The van der Waals surface area contributed by atoms with Crippen LogP contribution in [0.4, 0.5) is 0 Å². The van der Waals surface area contributed by atoms with Crippen LogP contribution in [0.1, 0.15) is 31.0 Å². The van der Waals surface area contributed by atoms with Gasteiger partial charge >= 0.3 is 0 Å². The topological polar surface area (TPSA) is 32.7 Å². The summed E-state index contributed by atoms with van der Waals surface area (Å²) in [6.07, 6.45) is 2.32. The number of amides is 1. The van der Waals surface area contributed by atoms with Crippen molar-refractivity contribution in [2.24, 2.45) is 4.99 Å². The van der Waals surface area contributed by atoms with Gasteiger partial charge in [-0.2, -0.15) is 0 Å². The molecule has 2 aromatic rings. The average Bonchev–Trinajstić information content (AvgIpc) is 2.84. The van der Waals surface area contributed by atoms with Crippen LogP contribution in [0.5, 0.6) is 0 Å². The zero-order valence-electron chi connectivity index (χ0n) is 12.9. The highest BCUT2D eigenvalue weighted by Gasteiger charge is 2.42. The smallest absolute Gasteiger partial charge is 0.256 e. The maximum atomic E-state index is 12.8. The largest absolute Gasteiger partial charge is 0.294 e. The Morgan fingerprint density at radius 3 is 2.27 bits per heavy atom. The molecule has 0 saturated carbocycles. The molecule has 112 valence electrons. The van der Waals surface area contributed by atoms with E-state index < -0.39 is 5.54 Å². The third-order valence-electron chi connectivity index (χ3n) is 4.25. The fraction of sp³-hybridized carbons (Fsp3) is 0.263. The lowest BCUT2D eigenvalue weighted by molar-refractivity contribution is -0.131. The van der Waals surface area contributed by atoms with Gasteiger partial charge in [-0.25, -0.2) is 0 Å². The Bertz CT molecular complexity index is 681. The van der Waals surface area contributed by atoms with Gasteiger partial charge in [0, 0.05) is 6.42 Å². The van der Waals surface area contributed by atoms with Gasteiger partial charge < -0.3 is 0 Å². The van der Waals surface area contributed by atoms with Gasteiger partial charge in [0.1, 0.15) is 5.54 Å². The molecule has 0 aromatic heterocycles. The van der Waals surface area contributed by atoms with Gasteiger partial charge in [0.25, 0.3) is 5.91 Å². The van der Waals surface area contributed by atoms with Crippen molar-refractivity contribution in [2.45, 2.75) is 31.8 Å². The molecule has 3 rings (SSSR count). The minimum atomic E-state index is -0.704. The number of hydrogen-bond donors (Lipinski definition) is 0. The zero-order chi connectivity index (χ0) is 15.6. The molecule has 0 bridgehead atoms. The van der Waals surface area contributed by atoms with E-state index in [9.17, 15) is 4.79 Å². The molecule has 0 saturated heterocycles. The third-order valence-corrected chi connectivity index (χ3v) is 4.25.